The molecule has 2 N–H and O–H groups in total. The van der Waals surface area contributed by atoms with E-state index in [1.54, 1.807) is 13.1 Å². The second-order valence-corrected chi connectivity index (χ2v) is 5.01. The molecule has 1 aromatic rings. The maximum Gasteiger partial charge on any atom is 0.246 e. The van der Waals surface area contributed by atoms with Crippen LogP contribution < -0.4 is 15.5 Å². The quantitative estimate of drug-likeness (QED) is 0.865. The van der Waals surface area contributed by atoms with Gasteiger partial charge in [-0.3, -0.25) is 9.59 Å². The van der Waals surface area contributed by atoms with Gasteiger partial charge in [0.15, 0.2) is 0 Å². The summed E-state index contributed by atoms with van der Waals surface area (Å²) in [5.41, 5.74) is 0.634. The maximum atomic E-state index is 11.8. The third-order valence-corrected chi connectivity index (χ3v) is 3.26. The zero-order chi connectivity index (χ0) is 14.5. The fourth-order valence-electron chi connectivity index (χ4n) is 2.21. The SMILES string of the molecule is CC(=O)NC(C)C(=O)Nc1ccc(N2CCCC2)nc1. The molecule has 0 radical (unpaired) electrons. The lowest BCUT2D eigenvalue weighted by molar-refractivity contribution is -0.124. The molecule has 2 amide bonds. The van der Waals surface area contributed by atoms with Gasteiger partial charge in [-0.15, -0.1) is 0 Å². The Kier molecular flexibility index (Phi) is 4.55. The number of hydrogen-bond acceptors (Lipinski definition) is 4. The number of pyridine rings is 1. The zero-order valence-electron chi connectivity index (χ0n) is 11.8. The lowest BCUT2D eigenvalue weighted by Crippen LogP contribution is -2.40. The second kappa shape index (κ2) is 6.36. The first-order chi connectivity index (χ1) is 9.56. The van der Waals surface area contributed by atoms with Crippen molar-refractivity contribution in [3.8, 4) is 0 Å². The van der Waals surface area contributed by atoms with Gasteiger partial charge < -0.3 is 15.5 Å². The Balaban J connectivity index is 1.93. The summed E-state index contributed by atoms with van der Waals surface area (Å²) in [7, 11) is 0. The Labute approximate surface area is 118 Å². The van der Waals surface area contributed by atoms with E-state index in [-0.39, 0.29) is 11.8 Å². The molecule has 2 heterocycles. The largest absolute Gasteiger partial charge is 0.357 e. The summed E-state index contributed by atoms with van der Waals surface area (Å²) in [4.78, 5) is 29.3. The molecule has 6 nitrogen and oxygen atoms in total. The van der Waals surface area contributed by atoms with E-state index in [1.165, 1.54) is 19.8 Å². The van der Waals surface area contributed by atoms with Crippen LogP contribution in [0.4, 0.5) is 11.5 Å². The molecule has 0 aromatic carbocycles. The van der Waals surface area contributed by atoms with E-state index in [0.717, 1.165) is 18.9 Å². The van der Waals surface area contributed by atoms with Gasteiger partial charge >= 0.3 is 0 Å². The van der Waals surface area contributed by atoms with Crippen LogP contribution in [0.2, 0.25) is 0 Å². The van der Waals surface area contributed by atoms with Crippen molar-refractivity contribution in [1.82, 2.24) is 10.3 Å². The Morgan fingerprint density at radius 2 is 2.00 bits per heavy atom. The lowest BCUT2D eigenvalue weighted by Gasteiger charge is -2.17. The van der Waals surface area contributed by atoms with Crippen LogP contribution in [-0.2, 0) is 9.59 Å². The molecule has 2 rings (SSSR count). The molecule has 6 heteroatoms. The smallest absolute Gasteiger partial charge is 0.246 e. The predicted molar refractivity (Wildman–Crippen MR) is 77.6 cm³/mol. The average molecular weight is 276 g/mol. The Hall–Kier alpha value is -2.11. The summed E-state index contributed by atoms with van der Waals surface area (Å²) >= 11 is 0. The highest BCUT2D eigenvalue weighted by atomic mass is 16.2. The molecule has 0 aliphatic carbocycles. The molecule has 108 valence electrons. The summed E-state index contributed by atoms with van der Waals surface area (Å²) in [5, 5.41) is 5.27. The average Bonchev–Trinajstić information content (AvgIpc) is 2.92. The van der Waals surface area contributed by atoms with Crippen LogP contribution in [0.1, 0.15) is 26.7 Å². The van der Waals surface area contributed by atoms with Crippen molar-refractivity contribution in [2.24, 2.45) is 0 Å². The second-order valence-electron chi connectivity index (χ2n) is 5.01. The van der Waals surface area contributed by atoms with Crippen molar-refractivity contribution < 1.29 is 9.59 Å². The van der Waals surface area contributed by atoms with E-state index in [1.807, 2.05) is 12.1 Å². The van der Waals surface area contributed by atoms with Crippen molar-refractivity contribution in [1.29, 1.82) is 0 Å². The fourth-order valence-corrected chi connectivity index (χ4v) is 2.21. The minimum Gasteiger partial charge on any atom is -0.357 e. The molecule has 0 bridgehead atoms. The van der Waals surface area contributed by atoms with Crippen LogP contribution in [0.15, 0.2) is 18.3 Å². The highest BCUT2D eigenvalue weighted by Crippen LogP contribution is 2.19. The number of aromatic nitrogens is 1. The summed E-state index contributed by atoms with van der Waals surface area (Å²) in [6.45, 7) is 5.11. The first kappa shape index (κ1) is 14.3. The molecule has 1 unspecified atom stereocenters. The molecule has 1 atom stereocenters. The number of hydrogen-bond donors (Lipinski definition) is 2. The van der Waals surface area contributed by atoms with Crippen LogP contribution in [0.5, 0.6) is 0 Å². The number of nitrogens with zero attached hydrogens (tertiary/aromatic N) is 2. The van der Waals surface area contributed by atoms with Gasteiger partial charge in [0.2, 0.25) is 11.8 Å². The summed E-state index contributed by atoms with van der Waals surface area (Å²) < 4.78 is 0. The van der Waals surface area contributed by atoms with Gasteiger partial charge in [-0.05, 0) is 31.9 Å². The van der Waals surface area contributed by atoms with Crippen molar-refractivity contribution in [3.63, 3.8) is 0 Å². The van der Waals surface area contributed by atoms with Gasteiger partial charge in [0, 0.05) is 20.0 Å². The summed E-state index contributed by atoms with van der Waals surface area (Å²) in [6, 6.07) is 3.18. The molecule has 1 fully saturated rings. The van der Waals surface area contributed by atoms with E-state index < -0.39 is 6.04 Å². The van der Waals surface area contributed by atoms with Crippen LogP contribution in [-0.4, -0.2) is 35.9 Å². The minimum absolute atomic E-state index is 0.227. The molecular formula is C14H20N4O2. The van der Waals surface area contributed by atoms with Gasteiger partial charge in [0.1, 0.15) is 11.9 Å². The standard InChI is InChI=1S/C14H20N4O2/c1-10(16-11(2)19)14(20)17-12-5-6-13(15-9-12)18-7-3-4-8-18/h5-6,9-10H,3-4,7-8H2,1-2H3,(H,16,19)(H,17,20). The topological polar surface area (TPSA) is 74.3 Å². The van der Waals surface area contributed by atoms with Crippen LogP contribution >= 0.6 is 0 Å². The number of anilines is 2. The number of carbonyl (C=O) groups is 2. The molecule has 1 aliphatic rings. The lowest BCUT2D eigenvalue weighted by atomic mass is 10.3. The normalized spacial score (nSPS) is 15.8. The summed E-state index contributed by atoms with van der Waals surface area (Å²) in [5.74, 6) is 0.460. The molecule has 1 aliphatic heterocycles. The van der Waals surface area contributed by atoms with Gasteiger partial charge in [0.05, 0.1) is 11.9 Å². The van der Waals surface area contributed by atoms with E-state index in [9.17, 15) is 9.59 Å². The van der Waals surface area contributed by atoms with E-state index >= 15 is 0 Å². The van der Waals surface area contributed by atoms with Crippen molar-refractivity contribution >= 4 is 23.3 Å². The Morgan fingerprint density at radius 1 is 1.30 bits per heavy atom. The number of rotatable bonds is 4. The van der Waals surface area contributed by atoms with E-state index in [0.29, 0.717) is 5.69 Å². The molecule has 20 heavy (non-hydrogen) atoms. The molecule has 0 spiro atoms. The number of amides is 2. The predicted octanol–water partition coefficient (Wildman–Crippen LogP) is 1.14. The monoisotopic (exact) mass is 276 g/mol. The first-order valence-electron chi connectivity index (χ1n) is 6.85. The number of nitrogens with one attached hydrogen (secondary N) is 2. The van der Waals surface area contributed by atoms with Crippen LogP contribution in [0.3, 0.4) is 0 Å². The highest BCUT2D eigenvalue weighted by Gasteiger charge is 2.15. The van der Waals surface area contributed by atoms with Gasteiger partial charge in [-0.25, -0.2) is 4.98 Å². The van der Waals surface area contributed by atoms with Crippen molar-refractivity contribution in [3.05, 3.63) is 18.3 Å². The van der Waals surface area contributed by atoms with Gasteiger partial charge in [-0.2, -0.15) is 0 Å². The van der Waals surface area contributed by atoms with Gasteiger partial charge in [-0.1, -0.05) is 0 Å². The van der Waals surface area contributed by atoms with Crippen molar-refractivity contribution in [2.45, 2.75) is 32.7 Å². The van der Waals surface area contributed by atoms with Crippen molar-refractivity contribution in [2.75, 3.05) is 23.3 Å². The van der Waals surface area contributed by atoms with Crippen LogP contribution in [0, 0.1) is 0 Å². The highest BCUT2D eigenvalue weighted by molar-refractivity contribution is 5.96. The van der Waals surface area contributed by atoms with E-state index in [4.69, 9.17) is 0 Å². The molecular weight excluding hydrogens is 256 g/mol. The molecule has 1 aromatic heterocycles. The Morgan fingerprint density at radius 3 is 2.55 bits per heavy atom. The third kappa shape index (κ3) is 3.69. The van der Waals surface area contributed by atoms with Crippen LogP contribution in [0.25, 0.3) is 0 Å². The maximum absolute atomic E-state index is 11.8. The first-order valence-corrected chi connectivity index (χ1v) is 6.85. The fraction of sp³-hybridized carbons (Fsp3) is 0.500. The van der Waals surface area contributed by atoms with E-state index in [2.05, 4.69) is 20.5 Å². The zero-order valence-corrected chi connectivity index (χ0v) is 11.8. The molecule has 0 saturated carbocycles. The minimum atomic E-state index is -0.564. The third-order valence-electron chi connectivity index (χ3n) is 3.26. The number of carbonyl (C=O) groups excluding carboxylic acids is 2. The molecule has 1 saturated heterocycles. The Bertz CT molecular complexity index is 480. The summed E-state index contributed by atoms with van der Waals surface area (Å²) in [6.07, 6.45) is 4.05. The van der Waals surface area contributed by atoms with Gasteiger partial charge in [0.25, 0.3) is 0 Å².